The van der Waals surface area contributed by atoms with E-state index in [-0.39, 0.29) is 10.6 Å². The Kier molecular flexibility index (Phi) is 4.52. The molecule has 0 radical (unpaired) electrons. The van der Waals surface area contributed by atoms with Crippen LogP contribution < -0.4 is 5.32 Å². The van der Waals surface area contributed by atoms with Crippen molar-refractivity contribution in [3.05, 3.63) is 45.4 Å². The summed E-state index contributed by atoms with van der Waals surface area (Å²) in [6, 6.07) is 3.81. The van der Waals surface area contributed by atoms with E-state index in [1.165, 1.54) is 0 Å². The van der Waals surface area contributed by atoms with Crippen LogP contribution in [0.25, 0.3) is 0 Å². The fraction of sp³-hybridized carbons (Fsp3) is 0.429. The van der Waals surface area contributed by atoms with E-state index in [0.717, 1.165) is 24.3 Å². The molecule has 2 aromatic rings. The van der Waals surface area contributed by atoms with E-state index in [0.29, 0.717) is 17.9 Å². The third-order valence-electron chi connectivity index (χ3n) is 3.28. The predicted molar refractivity (Wildman–Crippen MR) is 80.5 cm³/mol. The number of aromatic nitrogens is 3. The van der Waals surface area contributed by atoms with Crippen molar-refractivity contribution in [1.29, 1.82) is 0 Å². The first-order chi connectivity index (χ1) is 10.0. The van der Waals surface area contributed by atoms with Crippen molar-refractivity contribution < 1.29 is 4.92 Å². The van der Waals surface area contributed by atoms with Gasteiger partial charge in [-0.3, -0.25) is 14.8 Å². The third kappa shape index (κ3) is 3.18. The summed E-state index contributed by atoms with van der Waals surface area (Å²) in [5, 5.41) is 18.6. The highest BCUT2D eigenvalue weighted by Crippen LogP contribution is 2.23. The molecule has 112 valence electrons. The molecular weight excluding hydrogens is 270 g/mol. The third-order valence-corrected chi connectivity index (χ3v) is 3.28. The summed E-state index contributed by atoms with van der Waals surface area (Å²) in [5.74, 6) is 0.801. The molecule has 7 heteroatoms. The standard InChI is InChI=1S/C14H19N5O2/c1-4-7-15-14-12(6-5-8-16-14)9-18-11(3)13(19(20)21)10(2)17-18/h5-6,8H,4,7,9H2,1-3H3,(H,15,16). The van der Waals surface area contributed by atoms with Crippen LogP contribution in [0.5, 0.6) is 0 Å². The number of nitrogens with zero attached hydrogens (tertiary/aromatic N) is 4. The van der Waals surface area contributed by atoms with Gasteiger partial charge in [0, 0.05) is 18.3 Å². The number of hydrogen-bond acceptors (Lipinski definition) is 5. The minimum atomic E-state index is -0.381. The van der Waals surface area contributed by atoms with E-state index in [4.69, 9.17) is 0 Å². The second-order valence-electron chi connectivity index (χ2n) is 4.87. The van der Waals surface area contributed by atoms with Crippen LogP contribution in [0.2, 0.25) is 0 Å². The molecule has 1 N–H and O–H groups in total. The summed E-state index contributed by atoms with van der Waals surface area (Å²) in [6.45, 7) is 6.75. The van der Waals surface area contributed by atoms with Gasteiger partial charge in [-0.15, -0.1) is 0 Å². The lowest BCUT2D eigenvalue weighted by atomic mass is 10.2. The second kappa shape index (κ2) is 6.34. The van der Waals surface area contributed by atoms with Crippen LogP contribution in [-0.2, 0) is 6.54 Å². The zero-order chi connectivity index (χ0) is 15.4. The van der Waals surface area contributed by atoms with Crippen LogP contribution in [0.4, 0.5) is 11.5 Å². The van der Waals surface area contributed by atoms with Gasteiger partial charge >= 0.3 is 5.69 Å². The van der Waals surface area contributed by atoms with Gasteiger partial charge < -0.3 is 5.32 Å². The first-order valence-corrected chi connectivity index (χ1v) is 6.90. The number of pyridine rings is 1. The number of nitro groups is 1. The van der Waals surface area contributed by atoms with E-state index >= 15 is 0 Å². The fourth-order valence-electron chi connectivity index (χ4n) is 2.24. The number of aryl methyl sites for hydroxylation is 1. The summed E-state index contributed by atoms with van der Waals surface area (Å²) < 4.78 is 1.65. The normalized spacial score (nSPS) is 10.6. The van der Waals surface area contributed by atoms with Gasteiger partial charge in [-0.05, 0) is 26.3 Å². The first-order valence-electron chi connectivity index (χ1n) is 6.90. The van der Waals surface area contributed by atoms with E-state index in [1.54, 1.807) is 24.7 Å². The molecule has 0 aliphatic heterocycles. The van der Waals surface area contributed by atoms with Gasteiger partial charge in [0.15, 0.2) is 0 Å². The van der Waals surface area contributed by atoms with E-state index in [1.807, 2.05) is 12.1 Å². The lowest BCUT2D eigenvalue weighted by Crippen LogP contribution is -2.10. The highest BCUT2D eigenvalue weighted by atomic mass is 16.6. The van der Waals surface area contributed by atoms with Crippen molar-refractivity contribution in [2.24, 2.45) is 0 Å². The Hall–Kier alpha value is -2.44. The second-order valence-corrected chi connectivity index (χ2v) is 4.87. The Labute approximate surface area is 123 Å². The summed E-state index contributed by atoms with van der Waals surface area (Å²) in [6.07, 6.45) is 2.73. The van der Waals surface area contributed by atoms with Gasteiger partial charge in [0.25, 0.3) is 0 Å². The van der Waals surface area contributed by atoms with Crippen molar-refractivity contribution in [3.63, 3.8) is 0 Å². The van der Waals surface area contributed by atoms with Crippen LogP contribution in [0.3, 0.4) is 0 Å². The Morgan fingerprint density at radius 2 is 2.19 bits per heavy atom. The molecule has 0 spiro atoms. The molecular formula is C14H19N5O2. The zero-order valence-corrected chi connectivity index (χ0v) is 12.5. The molecule has 0 fully saturated rings. The highest BCUT2D eigenvalue weighted by molar-refractivity contribution is 5.45. The van der Waals surface area contributed by atoms with Crippen molar-refractivity contribution in [1.82, 2.24) is 14.8 Å². The van der Waals surface area contributed by atoms with Gasteiger partial charge in [0.1, 0.15) is 17.2 Å². The van der Waals surface area contributed by atoms with Gasteiger partial charge in [-0.25, -0.2) is 4.98 Å². The van der Waals surface area contributed by atoms with Crippen molar-refractivity contribution >= 4 is 11.5 Å². The number of rotatable bonds is 6. The Morgan fingerprint density at radius 3 is 2.81 bits per heavy atom. The monoisotopic (exact) mass is 289 g/mol. The molecule has 0 aromatic carbocycles. The first kappa shape index (κ1) is 15.0. The van der Waals surface area contributed by atoms with Crippen LogP contribution in [-0.4, -0.2) is 26.2 Å². The maximum absolute atomic E-state index is 11.0. The average Bonchev–Trinajstić information content (AvgIpc) is 2.72. The molecule has 0 amide bonds. The average molecular weight is 289 g/mol. The lowest BCUT2D eigenvalue weighted by Gasteiger charge is -2.10. The van der Waals surface area contributed by atoms with Gasteiger partial charge in [0.2, 0.25) is 0 Å². The molecule has 0 aliphatic carbocycles. The molecule has 0 unspecified atom stereocenters. The molecule has 0 saturated heterocycles. The zero-order valence-electron chi connectivity index (χ0n) is 12.5. The summed E-state index contributed by atoms with van der Waals surface area (Å²) >= 11 is 0. The Bertz CT molecular complexity index is 651. The Morgan fingerprint density at radius 1 is 1.43 bits per heavy atom. The minimum absolute atomic E-state index is 0.0851. The maximum Gasteiger partial charge on any atom is 0.312 e. The fourth-order valence-corrected chi connectivity index (χ4v) is 2.24. The quantitative estimate of drug-likeness (QED) is 0.652. The molecule has 0 bridgehead atoms. The topological polar surface area (TPSA) is 85.9 Å². The molecule has 7 nitrogen and oxygen atoms in total. The van der Waals surface area contributed by atoms with Crippen LogP contribution >= 0.6 is 0 Å². The SMILES string of the molecule is CCCNc1ncccc1Cn1nc(C)c([N+](=O)[O-])c1C. The minimum Gasteiger partial charge on any atom is -0.370 e. The van der Waals surface area contributed by atoms with Crippen LogP contribution in [0.15, 0.2) is 18.3 Å². The van der Waals surface area contributed by atoms with E-state index in [9.17, 15) is 10.1 Å². The molecule has 2 heterocycles. The number of nitrogens with one attached hydrogen (secondary N) is 1. The van der Waals surface area contributed by atoms with Crippen molar-refractivity contribution in [2.45, 2.75) is 33.7 Å². The van der Waals surface area contributed by atoms with Crippen LogP contribution in [0, 0.1) is 24.0 Å². The van der Waals surface area contributed by atoms with Crippen molar-refractivity contribution in [2.75, 3.05) is 11.9 Å². The molecule has 0 atom stereocenters. The summed E-state index contributed by atoms with van der Waals surface area (Å²) in [4.78, 5) is 15.0. The van der Waals surface area contributed by atoms with Gasteiger partial charge in [-0.2, -0.15) is 5.10 Å². The number of hydrogen-bond donors (Lipinski definition) is 1. The van der Waals surface area contributed by atoms with Gasteiger partial charge in [0.05, 0.1) is 11.5 Å². The van der Waals surface area contributed by atoms with E-state index in [2.05, 4.69) is 22.3 Å². The molecule has 2 rings (SSSR count). The van der Waals surface area contributed by atoms with E-state index < -0.39 is 0 Å². The number of anilines is 1. The molecule has 0 aliphatic rings. The molecule has 2 aromatic heterocycles. The Balaban J connectivity index is 2.31. The van der Waals surface area contributed by atoms with Gasteiger partial charge in [-0.1, -0.05) is 13.0 Å². The summed E-state index contributed by atoms with van der Waals surface area (Å²) in [7, 11) is 0. The largest absolute Gasteiger partial charge is 0.370 e. The van der Waals surface area contributed by atoms with Crippen LogP contribution in [0.1, 0.15) is 30.3 Å². The summed E-state index contributed by atoms with van der Waals surface area (Å²) in [5.41, 5.74) is 2.04. The van der Waals surface area contributed by atoms with Crippen molar-refractivity contribution in [3.8, 4) is 0 Å². The highest BCUT2D eigenvalue weighted by Gasteiger charge is 2.22. The molecule has 21 heavy (non-hydrogen) atoms. The lowest BCUT2D eigenvalue weighted by molar-refractivity contribution is -0.386. The maximum atomic E-state index is 11.0. The predicted octanol–water partition coefficient (Wildman–Crippen LogP) is 2.67. The molecule has 0 saturated carbocycles. The smallest absolute Gasteiger partial charge is 0.312 e.